The van der Waals surface area contributed by atoms with Crippen LogP contribution < -0.4 is 10.3 Å². The van der Waals surface area contributed by atoms with Gasteiger partial charge in [-0.15, -0.1) is 4.83 Å². The van der Waals surface area contributed by atoms with E-state index in [2.05, 4.69) is 15.2 Å². The Morgan fingerprint density at radius 2 is 1.93 bits per heavy atom. The Labute approximate surface area is 176 Å². The van der Waals surface area contributed by atoms with Gasteiger partial charge in [-0.05, 0) is 67.5 Å². The first-order valence-electron chi connectivity index (χ1n) is 9.76. The van der Waals surface area contributed by atoms with Crippen LogP contribution in [0.1, 0.15) is 53.6 Å². The third-order valence-corrected chi connectivity index (χ3v) is 7.20. The summed E-state index contributed by atoms with van der Waals surface area (Å²) in [6, 6.07) is 3.63. The maximum absolute atomic E-state index is 12.7. The van der Waals surface area contributed by atoms with E-state index >= 15 is 0 Å². The van der Waals surface area contributed by atoms with Gasteiger partial charge in [-0.2, -0.15) is 0 Å². The molecule has 0 saturated heterocycles. The zero-order valence-corrected chi connectivity index (χ0v) is 18.5. The van der Waals surface area contributed by atoms with Gasteiger partial charge in [0.2, 0.25) is 15.3 Å². The zero-order valence-electron chi connectivity index (χ0n) is 17.0. The molecule has 1 saturated carbocycles. The molecule has 7 nitrogen and oxygen atoms in total. The number of hydrogen-bond donors (Lipinski definition) is 2. The standard InChI is InChI=1S/C20H27ClN4O3S/c1-13-9-16(18-11-25(3)20(21)22-18)10-17(14(13)2)19(26)23-24-29(27,28)12-15-7-5-4-6-8-15/h9-11,15,24H,4-8,12H2,1-3H3,(H,23,26). The van der Waals surface area contributed by atoms with Gasteiger partial charge in [0.05, 0.1) is 11.4 Å². The monoisotopic (exact) mass is 438 g/mol. The van der Waals surface area contributed by atoms with E-state index in [1.807, 2.05) is 19.9 Å². The predicted molar refractivity (Wildman–Crippen MR) is 114 cm³/mol. The quantitative estimate of drug-likeness (QED) is 0.675. The van der Waals surface area contributed by atoms with E-state index in [0.717, 1.165) is 48.8 Å². The largest absolute Gasteiger partial charge is 0.324 e. The van der Waals surface area contributed by atoms with E-state index < -0.39 is 15.9 Å². The molecule has 0 bridgehead atoms. The lowest BCUT2D eigenvalue weighted by molar-refractivity contribution is 0.0944. The number of aryl methyl sites for hydroxylation is 2. The van der Waals surface area contributed by atoms with Gasteiger partial charge >= 0.3 is 0 Å². The van der Waals surface area contributed by atoms with Crippen molar-refractivity contribution in [2.75, 3.05) is 5.75 Å². The van der Waals surface area contributed by atoms with E-state index in [4.69, 9.17) is 11.6 Å². The Morgan fingerprint density at radius 3 is 2.55 bits per heavy atom. The Kier molecular flexibility index (Phi) is 6.65. The number of amides is 1. The summed E-state index contributed by atoms with van der Waals surface area (Å²) in [6.07, 6.45) is 6.91. The van der Waals surface area contributed by atoms with Crippen LogP contribution in [0.2, 0.25) is 5.28 Å². The molecule has 1 aromatic carbocycles. The molecule has 1 aliphatic carbocycles. The number of halogens is 1. The van der Waals surface area contributed by atoms with Gasteiger partial charge in [0.1, 0.15) is 0 Å². The first-order chi connectivity index (χ1) is 13.7. The van der Waals surface area contributed by atoms with Crippen molar-refractivity contribution < 1.29 is 13.2 Å². The second-order valence-electron chi connectivity index (χ2n) is 7.81. The maximum Gasteiger partial charge on any atom is 0.266 e. The average Bonchev–Trinajstić information content (AvgIpc) is 3.01. The summed E-state index contributed by atoms with van der Waals surface area (Å²) in [5.74, 6) is -0.307. The van der Waals surface area contributed by atoms with Gasteiger partial charge in [-0.3, -0.25) is 10.2 Å². The number of nitrogens with zero attached hydrogens (tertiary/aromatic N) is 2. The van der Waals surface area contributed by atoms with Crippen LogP contribution in [0.25, 0.3) is 11.3 Å². The number of nitrogens with one attached hydrogen (secondary N) is 2. The van der Waals surface area contributed by atoms with Crippen LogP contribution in [0.15, 0.2) is 18.3 Å². The van der Waals surface area contributed by atoms with Crippen molar-refractivity contribution in [3.63, 3.8) is 0 Å². The Balaban J connectivity index is 1.74. The molecule has 9 heteroatoms. The van der Waals surface area contributed by atoms with Crippen molar-refractivity contribution >= 4 is 27.5 Å². The van der Waals surface area contributed by atoms with E-state index in [-0.39, 0.29) is 11.7 Å². The Bertz CT molecular complexity index is 991. The second kappa shape index (κ2) is 8.85. The number of imidazole rings is 1. The lowest BCUT2D eigenvalue weighted by Crippen LogP contribution is -2.44. The number of rotatable bonds is 6. The Morgan fingerprint density at radius 1 is 1.24 bits per heavy atom. The fraction of sp³-hybridized carbons (Fsp3) is 0.500. The van der Waals surface area contributed by atoms with Crippen molar-refractivity contribution in [1.82, 2.24) is 19.8 Å². The molecule has 2 aromatic rings. The zero-order chi connectivity index (χ0) is 21.2. The van der Waals surface area contributed by atoms with Crippen molar-refractivity contribution in [3.05, 3.63) is 40.3 Å². The fourth-order valence-corrected chi connectivity index (χ4v) is 5.15. The lowest BCUT2D eigenvalue weighted by atomic mass is 9.91. The highest BCUT2D eigenvalue weighted by Gasteiger charge is 2.22. The molecular weight excluding hydrogens is 412 g/mol. The highest BCUT2D eigenvalue weighted by atomic mass is 35.5. The van der Waals surface area contributed by atoms with Crippen LogP contribution in [0.3, 0.4) is 0 Å². The fourth-order valence-electron chi connectivity index (χ4n) is 3.72. The van der Waals surface area contributed by atoms with Gasteiger partial charge in [0.15, 0.2) is 0 Å². The number of sulfonamides is 1. The third kappa shape index (κ3) is 5.38. The lowest BCUT2D eigenvalue weighted by Gasteiger charge is -2.21. The number of hydrogen-bond acceptors (Lipinski definition) is 4. The van der Waals surface area contributed by atoms with E-state index in [9.17, 15) is 13.2 Å². The molecule has 0 unspecified atom stereocenters. The summed E-state index contributed by atoms with van der Waals surface area (Å²) in [7, 11) is -1.80. The van der Waals surface area contributed by atoms with Gasteiger partial charge in [0, 0.05) is 24.4 Å². The van der Waals surface area contributed by atoms with Crippen LogP contribution in [0, 0.1) is 19.8 Å². The summed E-state index contributed by atoms with van der Waals surface area (Å²) >= 11 is 6.03. The van der Waals surface area contributed by atoms with Gasteiger partial charge in [0.25, 0.3) is 5.91 Å². The SMILES string of the molecule is Cc1cc(-c2cn(C)c(Cl)n2)cc(C(=O)NNS(=O)(=O)CC2CCCCC2)c1C. The summed E-state index contributed by atoms with van der Waals surface area (Å²) in [6.45, 7) is 3.73. The molecular formula is C20H27ClN4O3S. The molecule has 1 amide bonds. The van der Waals surface area contributed by atoms with Crippen LogP contribution in [0.4, 0.5) is 0 Å². The second-order valence-corrected chi connectivity index (χ2v) is 9.92. The summed E-state index contributed by atoms with van der Waals surface area (Å²) in [5.41, 5.74) is 5.82. The molecule has 1 aromatic heterocycles. The maximum atomic E-state index is 12.7. The summed E-state index contributed by atoms with van der Waals surface area (Å²) in [5, 5.41) is 0.347. The Hall–Kier alpha value is -1.90. The highest BCUT2D eigenvalue weighted by Crippen LogP contribution is 2.26. The number of carbonyl (C=O) groups is 1. The smallest absolute Gasteiger partial charge is 0.266 e. The minimum absolute atomic E-state index is 0.0394. The van der Waals surface area contributed by atoms with Crippen LogP contribution in [-0.4, -0.2) is 29.6 Å². The van der Waals surface area contributed by atoms with Gasteiger partial charge in [-0.25, -0.2) is 13.4 Å². The molecule has 0 atom stereocenters. The molecule has 29 heavy (non-hydrogen) atoms. The van der Waals surface area contributed by atoms with E-state index in [0.29, 0.717) is 16.5 Å². The van der Waals surface area contributed by atoms with E-state index in [1.165, 1.54) is 0 Å². The first kappa shape index (κ1) is 21.8. The molecule has 0 spiro atoms. The van der Waals surface area contributed by atoms with E-state index in [1.54, 1.807) is 23.9 Å². The molecule has 1 aliphatic rings. The molecule has 3 rings (SSSR count). The van der Waals surface area contributed by atoms with Crippen molar-refractivity contribution in [2.24, 2.45) is 13.0 Å². The molecule has 1 fully saturated rings. The normalized spacial score (nSPS) is 15.4. The van der Waals surface area contributed by atoms with Crippen LogP contribution in [-0.2, 0) is 17.1 Å². The average molecular weight is 439 g/mol. The van der Waals surface area contributed by atoms with Crippen molar-refractivity contribution in [1.29, 1.82) is 0 Å². The molecule has 0 radical (unpaired) electrons. The number of benzene rings is 1. The van der Waals surface area contributed by atoms with Crippen molar-refractivity contribution in [2.45, 2.75) is 46.0 Å². The van der Waals surface area contributed by atoms with Crippen LogP contribution in [0.5, 0.6) is 0 Å². The highest BCUT2D eigenvalue weighted by molar-refractivity contribution is 7.89. The van der Waals surface area contributed by atoms with Gasteiger partial charge < -0.3 is 4.57 Å². The van der Waals surface area contributed by atoms with Gasteiger partial charge in [-0.1, -0.05) is 19.3 Å². The number of hydrazine groups is 1. The first-order valence-corrected chi connectivity index (χ1v) is 11.8. The minimum atomic E-state index is -3.59. The third-order valence-electron chi connectivity index (χ3n) is 5.53. The van der Waals surface area contributed by atoms with Crippen LogP contribution >= 0.6 is 11.6 Å². The van der Waals surface area contributed by atoms with Crippen molar-refractivity contribution in [3.8, 4) is 11.3 Å². The summed E-state index contributed by atoms with van der Waals surface area (Å²) < 4.78 is 26.4. The number of aromatic nitrogens is 2. The predicted octanol–water partition coefficient (Wildman–Crippen LogP) is 3.50. The summed E-state index contributed by atoms with van der Waals surface area (Å²) in [4.78, 5) is 19.3. The molecule has 158 valence electrons. The molecule has 1 heterocycles. The number of carbonyl (C=O) groups excluding carboxylic acids is 1. The molecule has 2 N–H and O–H groups in total. The minimum Gasteiger partial charge on any atom is -0.324 e. The topological polar surface area (TPSA) is 93.1 Å². The molecule has 0 aliphatic heterocycles.